The van der Waals surface area contributed by atoms with Crippen molar-refractivity contribution in [1.82, 2.24) is 5.32 Å². The van der Waals surface area contributed by atoms with Crippen LogP contribution in [-0.2, 0) is 14.3 Å². The van der Waals surface area contributed by atoms with Crippen molar-refractivity contribution in [2.45, 2.75) is 249 Å². The van der Waals surface area contributed by atoms with E-state index in [-0.39, 0.29) is 12.5 Å². The van der Waals surface area contributed by atoms with Gasteiger partial charge in [0.05, 0.1) is 25.4 Å². The van der Waals surface area contributed by atoms with Crippen molar-refractivity contribution >= 4 is 5.91 Å². The molecule has 6 N–H and O–H groups in total. The lowest BCUT2D eigenvalue weighted by atomic mass is 9.99. The van der Waals surface area contributed by atoms with Crippen LogP contribution in [-0.4, -0.2) is 87.5 Å². The SMILES string of the molecule is CCCCCCC/C=C\C/C=C\CCCCCCCCCCCCCC(=O)NC(COC1OC(CO)C(O)C(O)C1O)C(O)/C=C/CC/C=C/CCCCCCCCC. The normalized spacial score (nSPS) is 21.1. The molecule has 0 bridgehead atoms. The molecule has 9 nitrogen and oxygen atoms in total. The summed E-state index contributed by atoms with van der Waals surface area (Å²) in [5.41, 5.74) is 0. The summed E-state index contributed by atoms with van der Waals surface area (Å²) in [7, 11) is 0. The molecule has 344 valence electrons. The topological polar surface area (TPSA) is 149 Å². The van der Waals surface area contributed by atoms with Crippen LogP contribution in [0.2, 0.25) is 0 Å². The van der Waals surface area contributed by atoms with E-state index in [2.05, 4.69) is 55.6 Å². The van der Waals surface area contributed by atoms with E-state index in [0.717, 1.165) is 44.9 Å². The van der Waals surface area contributed by atoms with Crippen LogP contribution >= 0.6 is 0 Å². The van der Waals surface area contributed by atoms with E-state index >= 15 is 0 Å². The van der Waals surface area contributed by atoms with Crippen LogP contribution in [0.15, 0.2) is 48.6 Å². The molecule has 9 heteroatoms. The van der Waals surface area contributed by atoms with Gasteiger partial charge < -0.3 is 40.3 Å². The first kappa shape index (κ1) is 55.2. The van der Waals surface area contributed by atoms with E-state index in [1.807, 2.05) is 6.08 Å². The first-order valence-corrected chi connectivity index (χ1v) is 24.4. The molecule has 0 aromatic heterocycles. The van der Waals surface area contributed by atoms with Crippen molar-refractivity contribution in [3.63, 3.8) is 0 Å². The minimum atomic E-state index is -1.57. The van der Waals surface area contributed by atoms with Crippen LogP contribution in [0.1, 0.15) is 206 Å². The Hall–Kier alpha value is -1.85. The Morgan fingerprint density at radius 3 is 1.53 bits per heavy atom. The van der Waals surface area contributed by atoms with Crippen molar-refractivity contribution < 1.29 is 39.8 Å². The molecule has 1 amide bonds. The lowest BCUT2D eigenvalue weighted by Crippen LogP contribution is -2.60. The van der Waals surface area contributed by atoms with Gasteiger partial charge in [0, 0.05) is 6.42 Å². The Balaban J connectivity index is 2.30. The van der Waals surface area contributed by atoms with E-state index in [4.69, 9.17) is 9.47 Å². The first-order chi connectivity index (χ1) is 28.8. The van der Waals surface area contributed by atoms with Crippen molar-refractivity contribution in [2.75, 3.05) is 13.2 Å². The van der Waals surface area contributed by atoms with Gasteiger partial charge in [0.25, 0.3) is 0 Å². The maximum absolute atomic E-state index is 13.0. The minimum absolute atomic E-state index is 0.191. The van der Waals surface area contributed by atoms with Crippen LogP contribution in [0.5, 0.6) is 0 Å². The second kappa shape index (κ2) is 40.2. The van der Waals surface area contributed by atoms with E-state index in [9.17, 15) is 30.3 Å². The van der Waals surface area contributed by atoms with Gasteiger partial charge in [-0.05, 0) is 64.2 Å². The monoisotopic (exact) mass is 834 g/mol. The standard InChI is InChI=1S/C50H91NO8/c1-3-5-7-9-11-13-15-17-18-19-20-21-22-23-24-25-26-28-30-32-34-36-38-40-46(54)51-43(42-58-50-49(57)48(56)47(55)45(41-52)59-50)44(53)39-37-35-33-31-29-27-16-14-12-10-8-6-4-2/h15,17,19-20,29,31,37,39,43-45,47-50,52-53,55-57H,3-14,16,18,21-28,30,32-36,38,40-42H2,1-2H3,(H,51,54)/b17-15-,20-19-,31-29+,39-37+. The van der Waals surface area contributed by atoms with Crippen LogP contribution in [0.3, 0.4) is 0 Å². The van der Waals surface area contributed by atoms with Gasteiger partial charge in [-0.3, -0.25) is 4.79 Å². The summed E-state index contributed by atoms with van der Waals surface area (Å²) in [4.78, 5) is 13.0. The minimum Gasteiger partial charge on any atom is -0.394 e. The third-order valence-corrected chi connectivity index (χ3v) is 11.4. The average Bonchev–Trinajstić information content (AvgIpc) is 3.23. The lowest BCUT2D eigenvalue weighted by molar-refractivity contribution is -0.302. The fourth-order valence-electron chi connectivity index (χ4n) is 7.44. The molecule has 59 heavy (non-hydrogen) atoms. The fraction of sp³-hybridized carbons (Fsp3) is 0.820. The summed E-state index contributed by atoms with van der Waals surface area (Å²) < 4.78 is 11.2. The van der Waals surface area contributed by atoms with Crippen molar-refractivity contribution in [2.24, 2.45) is 0 Å². The van der Waals surface area contributed by atoms with E-state index in [1.165, 1.54) is 141 Å². The summed E-state index contributed by atoms with van der Waals surface area (Å²) in [5, 5.41) is 54.2. The largest absolute Gasteiger partial charge is 0.394 e. The molecule has 0 saturated carbocycles. The number of nitrogens with one attached hydrogen (secondary N) is 1. The Bertz CT molecular complexity index is 1060. The van der Waals surface area contributed by atoms with Gasteiger partial charge >= 0.3 is 0 Å². The highest BCUT2D eigenvalue weighted by Gasteiger charge is 2.44. The van der Waals surface area contributed by atoms with Gasteiger partial charge in [0.2, 0.25) is 5.91 Å². The number of aliphatic hydroxyl groups excluding tert-OH is 5. The summed E-state index contributed by atoms with van der Waals surface area (Å²) in [5.74, 6) is -0.191. The number of carbonyl (C=O) groups is 1. The van der Waals surface area contributed by atoms with Gasteiger partial charge in [-0.2, -0.15) is 0 Å². The van der Waals surface area contributed by atoms with E-state index in [1.54, 1.807) is 6.08 Å². The van der Waals surface area contributed by atoms with Gasteiger partial charge in [-0.25, -0.2) is 0 Å². The Morgan fingerprint density at radius 2 is 1.02 bits per heavy atom. The van der Waals surface area contributed by atoms with Gasteiger partial charge in [-0.15, -0.1) is 0 Å². The molecular weight excluding hydrogens is 743 g/mol. The number of rotatable bonds is 40. The van der Waals surface area contributed by atoms with Crippen molar-refractivity contribution in [3.05, 3.63) is 48.6 Å². The van der Waals surface area contributed by atoms with Crippen molar-refractivity contribution in [3.8, 4) is 0 Å². The number of hydrogen-bond donors (Lipinski definition) is 6. The quantitative estimate of drug-likeness (QED) is 0.0264. The molecule has 1 saturated heterocycles. The summed E-state index contributed by atoms with van der Waals surface area (Å²) in [6.07, 6.45) is 44.4. The predicted molar refractivity (Wildman–Crippen MR) is 244 cm³/mol. The fourth-order valence-corrected chi connectivity index (χ4v) is 7.44. The van der Waals surface area contributed by atoms with Crippen molar-refractivity contribution in [1.29, 1.82) is 0 Å². The second-order valence-electron chi connectivity index (χ2n) is 16.9. The van der Waals surface area contributed by atoms with E-state index in [0.29, 0.717) is 6.42 Å². The maximum atomic E-state index is 13.0. The number of aliphatic hydroxyl groups is 5. The third-order valence-electron chi connectivity index (χ3n) is 11.4. The van der Waals surface area contributed by atoms with E-state index < -0.39 is 49.5 Å². The summed E-state index contributed by atoms with van der Waals surface area (Å²) in [6, 6.07) is -0.822. The zero-order valence-corrected chi connectivity index (χ0v) is 37.7. The number of hydrogen-bond acceptors (Lipinski definition) is 8. The molecule has 1 rings (SSSR count). The lowest BCUT2D eigenvalue weighted by Gasteiger charge is -2.40. The highest BCUT2D eigenvalue weighted by Crippen LogP contribution is 2.22. The van der Waals surface area contributed by atoms with Crippen LogP contribution in [0.25, 0.3) is 0 Å². The molecule has 0 aromatic rings. The molecule has 1 fully saturated rings. The summed E-state index contributed by atoms with van der Waals surface area (Å²) >= 11 is 0. The highest BCUT2D eigenvalue weighted by atomic mass is 16.7. The molecule has 0 spiro atoms. The van der Waals surface area contributed by atoms with Gasteiger partial charge in [0.1, 0.15) is 24.4 Å². The maximum Gasteiger partial charge on any atom is 0.220 e. The van der Waals surface area contributed by atoms with Crippen LogP contribution in [0, 0.1) is 0 Å². The Morgan fingerprint density at radius 1 is 0.576 bits per heavy atom. The second-order valence-corrected chi connectivity index (χ2v) is 16.9. The molecular formula is C50H91NO8. The molecule has 0 radical (unpaired) electrons. The molecule has 7 unspecified atom stereocenters. The Labute approximate surface area is 361 Å². The van der Waals surface area contributed by atoms with Gasteiger partial charge in [0.15, 0.2) is 6.29 Å². The predicted octanol–water partition coefficient (Wildman–Crippen LogP) is 10.6. The molecule has 1 aliphatic rings. The molecule has 1 aliphatic heterocycles. The number of unbranched alkanes of at least 4 members (excludes halogenated alkanes) is 24. The third kappa shape index (κ3) is 30.8. The first-order valence-electron chi connectivity index (χ1n) is 24.4. The van der Waals surface area contributed by atoms with Gasteiger partial charge in [-0.1, -0.05) is 184 Å². The average molecular weight is 834 g/mol. The van der Waals surface area contributed by atoms with Crippen LogP contribution < -0.4 is 5.32 Å². The molecule has 1 heterocycles. The van der Waals surface area contributed by atoms with Crippen LogP contribution in [0.4, 0.5) is 0 Å². The zero-order chi connectivity index (χ0) is 43.0. The smallest absolute Gasteiger partial charge is 0.220 e. The molecule has 0 aromatic carbocycles. The number of ether oxygens (including phenoxy) is 2. The zero-order valence-electron chi connectivity index (χ0n) is 37.7. The number of allylic oxidation sites excluding steroid dienone is 7. The number of carbonyl (C=O) groups excluding carboxylic acids is 1. The molecule has 7 atom stereocenters. The summed E-state index contributed by atoms with van der Waals surface area (Å²) in [6.45, 7) is 3.73. The Kier molecular flexibility index (Phi) is 37.6. The molecule has 0 aliphatic carbocycles. The highest BCUT2D eigenvalue weighted by molar-refractivity contribution is 5.76. The number of amides is 1.